The summed E-state index contributed by atoms with van der Waals surface area (Å²) in [5, 5.41) is 14.5. The van der Waals surface area contributed by atoms with Crippen molar-refractivity contribution >= 4 is 23.2 Å². The van der Waals surface area contributed by atoms with Crippen molar-refractivity contribution in [1.82, 2.24) is 5.06 Å². The fourth-order valence-electron chi connectivity index (χ4n) is 2.15. The summed E-state index contributed by atoms with van der Waals surface area (Å²) < 4.78 is 13.8. The van der Waals surface area contributed by atoms with Gasteiger partial charge in [-0.1, -0.05) is 0 Å². The van der Waals surface area contributed by atoms with Crippen LogP contribution in [0.15, 0.2) is 36.4 Å². The van der Waals surface area contributed by atoms with Crippen LogP contribution in [0.2, 0.25) is 0 Å². The predicted octanol–water partition coefficient (Wildman–Crippen LogP) is 2.93. The molecule has 0 saturated heterocycles. The van der Waals surface area contributed by atoms with Gasteiger partial charge in [0.15, 0.2) is 0 Å². The molecule has 9 heteroatoms. The third kappa shape index (κ3) is 4.01. The van der Waals surface area contributed by atoms with Gasteiger partial charge in [-0.3, -0.25) is 24.5 Å². The zero-order valence-electron chi connectivity index (χ0n) is 14.3. The Bertz CT molecular complexity index is 867. The number of nitro benzene ring substituents is 1. The Morgan fingerprint density at radius 1 is 1.19 bits per heavy atom. The second-order valence-electron chi connectivity index (χ2n) is 5.38. The van der Waals surface area contributed by atoms with Gasteiger partial charge in [-0.25, -0.2) is 9.45 Å². The SMILES string of the molecule is CON(C)C(=O)c1ccc(NC(=O)c2cc(F)c(C)c([N+](=O)[O-])c2)cc1. The third-order valence-corrected chi connectivity index (χ3v) is 3.73. The minimum Gasteiger partial charge on any atom is -0.322 e. The molecule has 0 spiro atoms. The highest BCUT2D eigenvalue weighted by molar-refractivity contribution is 6.05. The summed E-state index contributed by atoms with van der Waals surface area (Å²) in [6, 6.07) is 7.86. The Morgan fingerprint density at radius 3 is 2.35 bits per heavy atom. The molecule has 0 aromatic heterocycles. The summed E-state index contributed by atoms with van der Waals surface area (Å²) in [4.78, 5) is 39.1. The molecular formula is C17H16FN3O5. The van der Waals surface area contributed by atoms with Gasteiger partial charge in [0.2, 0.25) is 0 Å². The fraction of sp³-hybridized carbons (Fsp3) is 0.176. The summed E-state index contributed by atoms with van der Waals surface area (Å²) in [6.45, 7) is 1.27. The van der Waals surface area contributed by atoms with Crippen LogP contribution in [0.25, 0.3) is 0 Å². The van der Waals surface area contributed by atoms with E-state index in [1.54, 1.807) is 0 Å². The lowest BCUT2D eigenvalue weighted by Gasteiger charge is -2.13. The fourth-order valence-corrected chi connectivity index (χ4v) is 2.15. The van der Waals surface area contributed by atoms with Crippen LogP contribution in [0.1, 0.15) is 26.3 Å². The molecule has 2 rings (SSSR count). The van der Waals surface area contributed by atoms with Crippen LogP contribution in [0.3, 0.4) is 0 Å². The van der Waals surface area contributed by atoms with E-state index in [2.05, 4.69) is 5.32 Å². The number of anilines is 1. The van der Waals surface area contributed by atoms with Crippen LogP contribution in [0.5, 0.6) is 0 Å². The lowest BCUT2D eigenvalue weighted by Crippen LogP contribution is -2.25. The van der Waals surface area contributed by atoms with Crippen molar-refractivity contribution in [3.63, 3.8) is 0 Å². The molecule has 0 saturated carbocycles. The van der Waals surface area contributed by atoms with Crippen LogP contribution in [-0.2, 0) is 4.84 Å². The van der Waals surface area contributed by atoms with Crippen molar-refractivity contribution < 1.29 is 23.7 Å². The van der Waals surface area contributed by atoms with Crippen LogP contribution in [-0.4, -0.2) is 36.0 Å². The zero-order chi connectivity index (χ0) is 19.4. The van der Waals surface area contributed by atoms with Crippen molar-refractivity contribution in [1.29, 1.82) is 0 Å². The number of halogens is 1. The predicted molar refractivity (Wildman–Crippen MR) is 91.3 cm³/mol. The minimum absolute atomic E-state index is 0.142. The summed E-state index contributed by atoms with van der Waals surface area (Å²) in [5.74, 6) is -1.92. The topological polar surface area (TPSA) is 102 Å². The number of hydrogen-bond acceptors (Lipinski definition) is 5. The molecule has 0 unspecified atom stereocenters. The standard InChI is InChI=1S/C17H16FN3O5/c1-10-14(18)8-12(9-15(10)21(24)25)16(22)19-13-6-4-11(5-7-13)17(23)20(2)26-3/h4-9H,1-3H3,(H,19,22). The number of benzene rings is 2. The molecule has 0 radical (unpaired) electrons. The molecule has 0 aliphatic rings. The molecule has 0 atom stereocenters. The van der Waals surface area contributed by atoms with E-state index in [0.29, 0.717) is 11.3 Å². The van der Waals surface area contributed by atoms with Crippen molar-refractivity contribution in [2.75, 3.05) is 19.5 Å². The van der Waals surface area contributed by atoms with Gasteiger partial charge < -0.3 is 5.32 Å². The molecule has 0 aliphatic heterocycles. The maximum Gasteiger partial charge on any atom is 0.277 e. The number of amides is 2. The maximum atomic E-state index is 13.8. The molecule has 2 aromatic rings. The first-order valence-corrected chi connectivity index (χ1v) is 7.42. The van der Waals surface area contributed by atoms with E-state index in [4.69, 9.17) is 4.84 Å². The minimum atomic E-state index is -0.840. The van der Waals surface area contributed by atoms with Crippen LogP contribution in [0.4, 0.5) is 15.8 Å². The zero-order valence-corrected chi connectivity index (χ0v) is 14.3. The summed E-state index contributed by atoms with van der Waals surface area (Å²) in [6.07, 6.45) is 0. The van der Waals surface area contributed by atoms with Gasteiger partial charge in [0, 0.05) is 29.9 Å². The molecule has 2 aromatic carbocycles. The second-order valence-corrected chi connectivity index (χ2v) is 5.38. The average molecular weight is 361 g/mol. The summed E-state index contributed by atoms with van der Waals surface area (Å²) in [7, 11) is 2.81. The van der Waals surface area contributed by atoms with E-state index >= 15 is 0 Å². The Hall–Kier alpha value is -3.33. The first-order chi connectivity index (χ1) is 12.2. The first-order valence-electron chi connectivity index (χ1n) is 7.42. The van der Waals surface area contributed by atoms with Crippen LogP contribution < -0.4 is 5.32 Å². The maximum absolute atomic E-state index is 13.8. The lowest BCUT2D eigenvalue weighted by atomic mass is 10.1. The molecule has 2 amide bonds. The number of rotatable bonds is 5. The van der Waals surface area contributed by atoms with Crippen molar-refractivity contribution in [3.8, 4) is 0 Å². The highest BCUT2D eigenvalue weighted by atomic mass is 19.1. The van der Waals surface area contributed by atoms with E-state index in [-0.39, 0.29) is 17.0 Å². The quantitative estimate of drug-likeness (QED) is 0.652. The number of carbonyl (C=O) groups excluding carboxylic acids is 2. The number of hydrogen-bond donors (Lipinski definition) is 1. The molecule has 0 aliphatic carbocycles. The Kier molecular flexibility index (Phi) is 5.63. The molecule has 1 N–H and O–H groups in total. The molecule has 0 bridgehead atoms. The number of nitrogens with zero attached hydrogens (tertiary/aromatic N) is 2. The average Bonchev–Trinajstić information content (AvgIpc) is 2.62. The lowest BCUT2D eigenvalue weighted by molar-refractivity contribution is -0.385. The highest BCUT2D eigenvalue weighted by Crippen LogP contribution is 2.23. The summed E-state index contributed by atoms with van der Waals surface area (Å²) >= 11 is 0. The van der Waals surface area contributed by atoms with E-state index in [1.165, 1.54) is 45.3 Å². The third-order valence-electron chi connectivity index (χ3n) is 3.73. The highest BCUT2D eigenvalue weighted by Gasteiger charge is 2.19. The van der Waals surface area contributed by atoms with E-state index < -0.39 is 22.3 Å². The van der Waals surface area contributed by atoms with Crippen LogP contribution >= 0.6 is 0 Å². The molecule has 136 valence electrons. The van der Waals surface area contributed by atoms with E-state index in [1.807, 2.05) is 0 Å². The molecule has 0 heterocycles. The largest absolute Gasteiger partial charge is 0.322 e. The summed E-state index contributed by atoms with van der Waals surface area (Å²) in [5.41, 5.74) is -0.117. The Labute approximate surface area is 148 Å². The number of nitrogens with one attached hydrogen (secondary N) is 1. The number of hydroxylamine groups is 2. The van der Waals surface area contributed by atoms with Gasteiger partial charge >= 0.3 is 0 Å². The Balaban J connectivity index is 2.20. The van der Waals surface area contributed by atoms with Crippen molar-refractivity contribution in [2.45, 2.75) is 6.92 Å². The van der Waals surface area contributed by atoms with Crippen molar-refractivity contribution in [3.05, 3.63) is 69.0 Å². The van der Waals surface area contributed by atoms with Gasteiger partial charge in [0.05, 0.1) is 17.6 Å². The molecule has 26 heavy (non-hydrogen) atoms. The first kappa shape index (κ1) is 19.0. The van der Waals surface area contributed by atoms with Gasteiger partial charge in [0.25, 0.3) is 17.5 Å². The monoisotopic (exact) mass is 361 g/mol. The molecule has 8 nitrogen and oxygen atoms in total. The Morgan fingerprint density at radius 2 is 1.81 bits per heavy atom. The molecular weight excluding hydrogens is 345 g/mol. The second kappa shape index (κ2) is 7.70. The number of carbonyl (C=O) groups is 2. The van der Waals surface area contributed by atoms with E-state index in [0.717, 1.165) is 17.2 Å². The normalized spacial score (nSPS) is 10.3. The van der Waals surface area contributed by atoms with Gasteiger partial charge in [-0.15, -0.1) is 0 Å². The van der Waals surface area contributed by atoms with Crippen LogP contribution in [0, 0.1) is 22.9 Å². The molecule has 0 fully saturated rings. The van der Waals surface area contributed by atoms with Gasteiger partial charge in [-0.2, -0.15) is 0 Å². The van der Waals surface area contributed by atoms with Gasteiger partial charge in [0.1, 0.15) is 5.82 Å². The number of nitro groups is 1. The smallest absolute Gasteiger partial charge is 0.277 e. The van der Waals surface area contributed by atoms with Crippen molar-refractivity contribution in [2.24, 2.45) is 0 Å². The van der Waals surface area contributed by atoms with E-state index in [9.17, 15) is 24.1 Å². The van der Waals surface area contributed by atoms with Gasteiger partial charge in [-0.05, 0) is 37.3 Å².